The fourth-order valence-corrected chi connectivity index (χ4v) is 1.66. The zero-order valence-electron chi connectivity index (χ0n) is 9.45. The van der Waals surface area contributed by atoms with Crippen LogP contribution in [0.5, 0.6) is 0 Å². The second-order valence-corrected chi connectivity index (χ2v) is 4.33. The number of pyridine rings is 1. The maximum atomic E-state index is 5.87. The number of aryl methyl sites for hydroxylation is 1. The number of aromatic nitrogens is 3. The summed E-state index contributed by atoms with van der Waals surface area (Å²) in [6, 6.07) is 2.09. The van der Waals surface area contributed by atoms with Crippen molar-refractivity contribution in [1.82, 2.24) is 15.0 Å². The first-order valence-corrected chi connectivity index (χ1v) is 5.50. The second-order valence-electron chi connectivity index (χ2n) is 3.94. The maximum absolute atomic E-state index is 5.87. The van der Waals surface area contributed by atoms with E-state index in [0.29, 0.717) is 11.2 Å². The van der Waals surface area contributed by atoms with E-state index in [2.05, 4.69) is 34.1 Å². The van der Waals surface area contributed by atoms with Crippen molar-refractivity contribution in [3.8, 4) is 0 Å². The summed E-state index contributed by atoms with van der Waals surface area (Å²) in [6.45, 7) is 5.98. The highest BCUT2D eigenvalue weighted by Crippen LogP contribution is 2.22. The average molecular weight is 237 g/mol. The van der Waals surface area contributed by atoms with Gasteiger partial charge in [0.25, 0.3) is 0 Å². The lowest BCUT2D eigenvalue weighted by molar-refractivity contribution is 0.886. The number of rotatable bonds is 2. The van der Waals surface area contributed by atoms with Crippen molar-refractivity contribution >= 4 is 28.3 Å². The van der Waals surface area contributed by atoms with Crippen LogP contribution in [0.15, 0.2) is 12.3 Å². The molecule has 0 amide bonds. The summed E-state index contributed by atoms with van der Waals surface area (Å²) in [5.41, 5.74) is 0.806. The number of nitrogens with zero attached hydrogens (tertiary/aromatic N) is 3. The summed E-state index contributed by atoms with van der Waals surface area (Å²) in [7, 11) is 0. The summed E-state index contributed by atoms with van der Waals surface area (Å²) in [5.74, 6) is 1.53. The van der Waals surface area contributed by atoms with Crippen molar-refractivity contribution in [2.45, 2.75) is 26.8 Å². The third kappa shape index (κ3) is 2.22. The minimum Gasteiger partial charge on any atom is -0.367 e. The molecule has 1 N–H and O–H groups in total. The van der Waals surface area contributed by atoms with Gasteiger partial charge in [0.15, 0.2) is 0 Å². The predicted octanol–water partition coefficient (Wildman–Crippen LogP) is 2.81. The zero-order chi connectivity index (χ0) is 11.7. The van der Waals surface area contributed by atoms with Gasteiger partial charge in [-0.15, -0.1) is 0 Å². The van der Waals surface area contributed by atoms with E-state index in [4.69, 9.17) is 11.6 Å². The lowest BCUT2D eigenvalue weighted by Crippen LogP contribution is -2.12. The van der Waals surface area contributed by atoms with E-state index in [1.54, 1.807) is 12.3 Å². The molecule has 16 heavy (non-hydrogen) atoms. The molecule has 0 aliphatic carbocycles. The highest BCUT2D eigenvalue weighted by Gasteiger charge is 2.07. The molecule has 0 fully saturated rings. The Kier molecular flexibility index (Phi) is 2.92. The van der Waals surface area contributed by atoms with Gasteiger partial charge in [-0.3, -0.25) is 0 Å². The molecule has 0 radical (unpaired) electrons. The minimum absolute atomic E-state index is 0.310. The molecule has 5 heteroatoms. The van der Waals surface area contributed by atoms with Gasteiger partial charge < -0.3 is 5.32 Å². The lowest BCUT2D eigenvalue weighted by atomic mass is 10.2. The summed E-state index contributed by atoms with van der Waals surface area (Å²) < 4.78 is 0. The van der Waals surface area contributed by atoms with Crippen molar-refractivity contribution < 1.29 is 0 Å². The van der Waals surface area contributed by atoms with Gasteiger partial charge in [0.05, 0.1) is 11.7 Å². The van der Waals surface area contributed by atoms with E-state index in [9.17, 15) is 0 Å². The Morgan fingerprint density at radius 1 is 1.31 bits per heavy atom. The summed E-state index contributed by atoms with van der Waals surface area (Å²) in [4.78, 5) is 12.7. The minimum atomic E-state index is 0.310. The molecule has 4 nitrogen and oxygen atoms in total. The molecule has 0 saturated carbocycles. The highest BCUT2D eigenvalue weighted by molar-refractivity contribution is 6.30. The van der Waals surface area contributed by atoms with E-state index in [-0.39, 0.29) is 0 Å². The van der Waals surface area contributed by atoms with Crippen LogP contribution in [0, 0.1) is 6.92 Å². The molecule has 0 aromatic carbocycles. The topological polar surface area (TPSA) is 50.7 Å². The van der Waals surface area contributed by atoms with E-state index in [0.717, 1.165) is 22.5 Å². The Labute approximate surface area is 99.1 Å². The molecule has 2 rings (SSSR count). The lowest BCUT2D eigenvalue weighted by Gasteiger charge is -2.12. The third-order valence-corrected chi connectivity index (χ3v) is 2.29. The van der Waals surface area contributed by atoms with Crippen molar-refractivity contribution in [3.63, 3.8) is 0 Å². The molecule has 0 aliphatic heterocycles. The van der Waals surface area contributed by atoms with E-state index in [1.807, 2.05) is 6.92 Å². The van der Waals surface area contributed by atoms with Crippen molar-refractivity contribution in [2.75, 3.05) is 5.32 Å². The Balaban J connectivity index is 2.64. The van der Waals surface area contributed by atoms with Gasteiger partial charge in [-0.25, -0.2) is 15.0 Å². The molecular weight excluding hydrogens is 224 g/mol. The first-order chi connectivity index (χ1) is 7.56. The van der Waals surface area contributed by atoms with E-state index < -0.39 is 0 Å². The molecule has 0 spiro atoms. The zero-order valence-corrected chi connectivity index (χ0v) is 10.2. The Bertz CT molecular complexity index is 525. The summed E-state index contributed by atoms with van der Waals surface area (Å²) in [5, 5.41) is 4.63. The molecule has 0 saturated heterocycles. The normalized spacial score (nSPS) is 11.1. The smallest absolute Gasteiger partial charge is 0.137 e. The SMILES string of the molecule is Cc1nc(NC(C)C)c2cc(Cl)ncc2n1. The standard InChI is InChI=1S/C11H13ClN4/c1-6(2)14-11-8-4-10(12)13-5-9(8)15-7(3)16-11/h4-6H,1-3H3,(H,14,15,16). The average Bonchev–Trinajstić information content (AvgIpc) is 2.18. The third-order valence-electron chi connectivity index (χ3n) is 2.09. The fourth-order valence-electron chi connectivity index (χ4n) is 1.51. The van der Waals surface area contributed by atoms with Gasteiger partial charge in [-0.05, 0) is 26.8 Å². The van der Waals surface area contributed by atoms with Gasteiger partial charge in [-0.2, -0.15) is 0 Å². The van der Waals surface area contributed by atoms with Crippen LogP contribution in [0.3, 0.4) is 0 Å². The molecule has 0 aliphatic rings. The fraction of sp³-hybridized carbons (Fsp3) is 0.364. The molecule has 2 aromatic rings. The van der Waals surface area contributed by atoms with Crippen LogP contribution in [0.1, 0.15) is 19.7 Å². The van der Waals surface area contributed by atoms with Crippen LogP contribution in [0.2, 0.25) is 5.15 Å². The predicted molar refractivity (Wildman–Crippen MR) is 65.8 cm³/mol. The van der Waals surface area contributed by atoms with Crippen LogP contribution >= 0.6 is 11.6 Å². The second kappa shape index (κ2) is 4.22. The first kappa shape index (κ1) is 11.1. The van der Waals surface area contributed by atoms with Crippen LogP contribution in [-0.4, -0.2) is 21.0 Å². The Hall–Kier alpha value is -1.42. The van der Waals surface area contributed by atoms with Gasteiger partial charge in [0, 0.05) is 11.4 Å². The summed E-state index contributed by atoms with van der Waals surface area (Å²) in [6.07, 6.45) is 1.66. The number of fused-ring (bicyclic) bond motifs is 1. The highest BCUT2D eigenvalue weighted by atomic mass is 35.5. The molecule has 2 aromatic heterocycles. The van der Waals surface area contributed by atoms with Crippen LogP contribution < -0.4 is 5.32 Å². The molecule has 0 bridgehead atoms. The Morgan fingerprint density at radius 2 is 2.06 bits per heavy atom. The van der Waals surface area contributed by atoms with Gasteiger partial charge in [-0.1, -0.05) is 11.6 Å². The van der Waals surface area contributed by atoms with E-state index in [1.165, 1.54) is 0 Å². The molecular formula is C11H13ClN4. The number of halogens is 1. The van der Waals surface area contributed by atoms with Crippen LogP contribution in [0.25, 0.3) is 10.9 Å². The molecule has 2 heterocycles. The van der Waals surface area contributed by atoms with Gasteiger partial charge >= 0.3 is 0 Å². The van der Waals surface area contributed by atoms with Crippen LogP contribution in [-0.2, 0) is 0 Å². The number of nitrogens with one attached hydrogen (secondary N) is 1. The number of hydrogen-bond acceptors (Lipinski definition) is 4. The van der Waals surface area contributed by atoms with Gasteiger partial charge in [0.2, 0.25) is 0 Å². The first-order valence-electron chi connectivity index (χ1n) is 5.12. The van der Waals surface area contributed by atoms with Crippen LogP contribution in [0.4, 0.5) is 5.82 Å². The monoisotopic (exact) mass is 236 g/mol. The van der Waals surface area contributed by atoms with Crippen molar-refractivity contribution in [2.24, 2.45) is 0 Å². The largest absolute Gasteiger partial charge is 0.367 e. The Morgan fingerprint density at radius 3 is 2.75 bits per heavy atom. The molecule has 0 atom stereocenters. The van der Waals surface area contributed by atoms with Gasteiger partial charge in [0.1, 0.15) is 16.8 Å². The number of hydrogen-bond donors (Lipinski definition) is 1. The summed E-state index contributed by atoms with van der Waals surface area (Å²) >= 11 is 5.87. The quantitative estimate of drug-likeness (QED) is 0.815. The van der Waals surface area contributed by atoms with E-state index >= 15 is 0 Å². The molecule has 84 valence electrons. The molecule has 0 unspecified atom stereocenters. The number of anilines is 1. The van der Waals surface area contributed by atoms with Crippen molar-refractivity contribution in [3.05, 3.63) is 23.2 Å². The van der Waals surface area contributed by atoms with Crippen molar-refractivity contribution in [1.29, 1.82) is 0 Å². The maximum Gasteiger partial charge on any atom is 0.137 e.